The van der Waals surface area contributed by atoms with E-state index in [9.17, 15) is 23.1 Å². The van der Waals surface area contributed by atoms with E-state index in [2.05, 4.69) is 20.4 Å². The maximum atomic E-state index is 14.5. The maximum Gasteiger partial charge on any atom is 0.243 e. The summed E-state index contributed by atoms with van der Waals surface area (Å²) >= 11 is 7.53. The lowest BCUT2D eigenvalue weighted by molar-refractivity contribution is -0.119. The second-order valence-corrected chi connectivity index (χ2v) is 12.7. The third-order valence-corrected chi connectivity index (χ3v) is 8.91. The number of rotatable bonds is 7. The molecule has 1 atom stereocenters. The Morgan fingerprint density at radius 2 is 1.88 bits per heavy atom. The number of nitrogen functional groups attached to an aromatic ring is 1. The molecule has 0 saturated heterocycles. The van der Waals surface area contributed by atoms with Crippen molar-refractivity contribution in [2.75, 3.05) is 17.7 Å². The summed E-state index contributed by atoms with van der Waals surface area (Å²) in [6, 6.07) is 6.36. The van der Waals surface area contributed by atoms with Crippen molar-refractivity contribution in [1.82, 2.24) is 24.7 Å². The number of fused-ring (bicyclic) bond motifs is 2. The summed E-state index contributed by atoms with van der Waals surface area (Å²) in [5, 5.41) is 20.1. The summed E-state index contributed by atoms with van der Waals surface area (Å²) in [6.07, 6.45) is 0.513. The molecular formula is C29H25ClF3N7O2S. The Morgan fingerprint density at radius 1 is 1.14 bits per heavy atom. The van der Waals surface area contributed by atoms with Crippen LogP contribution in [0, 0.1) is 22.9 Å². The Hall–Kier alpha value is -4.07. The first kappa shape index (κ1) is 29.0. The van der Waals surface area contributed by atoms with Crippen LogP contribution in [0.5, 0.6) is 0 Å². The minimum atomic E-state index is -1.32. The Bertz CT molecular complexity index is 1940. The number of aliphatic hydroxyl groups excluding tert-OH is 1. The van der Waals surface area contributed by atoms with Gasteiger partial charge in [0.1, 0.15) is 33.6 Å². The largest absolute Gasteiger partial charge is 0.396 e. The molecule has 3 aromatic heterocycles. The standard InChI is InChI=1S/C29H25ClF3N7O2S/c1-28(2,12-41)9-14-11-43-27(35-14)29(3)20-23(34)36-25(37-24(20)38-26(29)42)22-15-5-4-13(30)8-19(15)40(39-22)10-16-17(31)6-7-18(32)21(16)33/h4-8,11,41H,9-10,12H2,1-3H3,(H3,34,36,37,38,42)/t29-/m0/s1. The zero-order valence-corrected chi connectivity index (χ0v) is 24.7. The monoisotopic (exact) mass is 627 g/mol. The average molecular weight is 628 g/mol. The number of hydrogen-bond acceptors (Lipinski definition) is 8. The number of benzene rings is 2. The van der Waals surface area contributed by atoms with Crippen LogP contribution in [0.4, 0.5) is 24.8 Å². The number of aromatic nitrogens is 5. The van der Waals surface area contributed by atoms with Crippen LogP contribution in [0.2, 0.25) is 5.02 Å². The van der Waals surface area contributed by atoms with Gasteiger partial charge in [-0.05, 0) is 49.1 Å². The molecule has 0 bridgehead atoms. The Morgan fingerprint density at radius 3 is 2.63 bits per heavy atom. The van der Waals surface area contributed by atoms with Gasteiger partial charge in [0.2, 0.25) is 5.91 Å². The third kappa shape index (κ3) is 4.81. The number of amides is 1. The number of halogens is 4. The van der Waals surface area contributed by atoms with Crippen LogP contribution in [-0.2, 0) is 23.2 Å². The number of aliphatic hydroxyl groups is 1. The third-order valence-electron chi connectivity index (χ3n) is 7.56. The molecule has 43 heavy (non-hydrogen) atoms. The first-order chi connectivity index (χ1) is 20.3. The molecule has 0 radical (unpaired) electrons. The smallest absolute Gasteiger partial charge is 0.243 e. The number of anilines is 2. The van der Waals surface area contributed by atoms with Gasteiger partial charge in [-0.25, -0.2) is 28.1 Å². The lowest BCUT2D eigenvalue weighted by Crippen LogP contribution is -2.33. The van der Waals surface area contributed by atoms with E-state index in [-0.39, 0.29) is 41.1 Å². The molecule has 9 nitrogen and oxygen atoms in total. The van der Waals surface area contributed by atoms with Crippen molar-refractivity contribution in [3.05, 3.63) is 80.0 Å². The molecule has 222 valence electrons. The highest BCUT2D eigenvalue weighted by molar-refractivity contribution is 7.10. The summed E-state index contributed by atoms with van der Waals surface area (Å²) in [5.74, 6) is -3.58. The minimum absolute atomic E-state index is 0.0205. The van der Waals surface area contributed by atoms with Crippen LogP contribution in [0.3, 0.4) is 0 Å². The molecule has 0 unspecified atom stereocenters. The molecule has 0 saturated carbocycles. The first-order valence-corrected chi connectivity index (χ1v) is 14.4. The van der Waals surface area contributed by atoms with Gasteiger partial charge in [0.05, 0.1) is 23.3 Å². The molecule has 4 heterocycles. The van der Waals surface area contributed by atoms with Gasteiger partial charge in [0, 0.05) is 28.0 Å². The lowest BCUT2D eigenvalue weighted by atomic mass is 9.85. The van der Waals surface area contributed by atoms with Crippen LogP contribution in [0.1, 0.15) is 42.6 Å². The second-order valence-electron chi connectivity index (χ2n) is 11.4. The van der Waals surface area contributed by atoms with Crippen molar-refractivity contribution < 1.29 is 23.1 Å². The van der Waals surface area contributed by atoms with E-state index in [1.807, 2.05) is 19.2 Å². The van der Waals surface area contributed by atoms with E-state index in [1.165, 1.54) is 16.0 Å². The SMILES string of the molecule is CC(C)(CO)Cc1csc([C@]2(C)C(=O)Nc3nc(-c4nn(Cc5c(F)ccc(F)c5F)c5cc(Cl)ccc45)nc(N)c32)n1. The number of thiazole rings is 1. The van der Waals surface area contributed by atoms with Crippen molar-refractivity contribution in [2.24, 2.45) is 5.41 Å². The van der Waals surface area contributed by atoms with E-state index >= 15 is 0 Å². The fourth-order valence-corrected chi connectivity index (χ4v) is 6.33. The highest BCUT2D eigenvalue weighted by atomic mass is 35.5. The van der Waals surface area contributed by atoms with Crippen molar-refractivity contribution >= 4 is 51.4 Å². The highest BCUT2D eigenvalue weighted by Gasteiger charge is 2.50. The summed E-state index contributed by atoms with van der Waals surface area (Å²) in [7, 11) is 0. The van der Waals surface area contributed by atoms with E-state index in [4.69, 9.17) is 22.3 Å². The molecule has 6 rings (SSSR count). The molecule has 14 heteroatoms. The molecule has 0 fully saturated rings. The average Bonchev–Trinajstić information content (AvgIpc) is 3.63. The summed E-state index contributed by atoms with van der Waals surface area (Å²) < 4.78 is 44.2. The summed E-state index contributed by atoms with van der Waals surface area (Å²) in [5.41, 5.74) is 6.00. The van der Waals surface area contributed by atoms with Crippen molar-refractivity contribution in [3.8, 4) is 11.5 Å². The molecule has 4 N–H and O–H groups in total. The van der Waals surface area contributed by atoms with Crippen molar-refractivity contribution in [1.29, 1.82) is 0 Å². The van der Waals surface area contributed by atoms with Crippen LogP contribution >= 0.6 is 22.9 Å². The van der Waals surface area contributed by atoms with Crippen molar-refractivity contribution in [2.45, 2.75) is 39.2 Å². The quantitative estimate of drug-likeness (QED) is 0.204. The van der Waals surface area contributed by atoms with Crippen LogP contribution in [0.25, 0.3) is 22.4 Å². The predicted molar refractivity (Wildman–Crippen MR) is 157 cm³/mol. The van der Waals surface area contributed by atoms with Crippen LogP contribution in [0.15, 0.2) is 35.7 Å². The van der Waals surface area contributed by atoms with Gasteiger partial charge in [-0.2, -0.15) is 5.10 Å². The maximum absolute atomic E-state index is 14.5. The van der Waals surface area contributed by atoms with E-state index in [0.29, 0.717) is 39.0 Å². The number of nitrogens with zero attached hydrogens (tertiary/aromatic N) is 5. The lowest BCUT2D eigenvalue weighted by Gasteiger charge is -2.21. The molecule has 1 aliphatic rings. The van der Waals surface area contributed by atoms with Gasteiger partial charge in [-0.1, -0.05) is 25.4 Å². The molecule has 5 aromatic rings. The van der Waals surface area contributed by atoms with Gasteiger partial charge in [0.15, 0.2) is 17.5 Å². The van der Waals surface area contributed by atoms with Gasteiger partial charge < -0.3 is 16.2 Å². The van der Waals surface area contributed by atoms with Gasteiger partial charge in [0.25, 0.3) is 0 Å². The van der Waals surface area contributed by atoms with Crippen LogP contribution in [-0.4, -0.2) is 42.4 Å². The number of hydrogen-bond donors (Lipinski definition) is 3. The second kappa shape index (κ2) is 10.3. The molecule has 1 amide bonds. The molecule has 0 spiro atoms. The Kier molecular flexibility index (Phi) is 6.94. The summed E-state index contributed by atoms with van der Waals surface area (Å²) in [4.78, 5) is 27.2. The molecule has 1 aliphatic heterocycles. The number of nitrogens with two attached hydrogens (primary N) is 1. The van der Waals surface area contributed by atoms with E-state index in [0.717, 1.165) is 11.8 Å². The van der Waals surface area contributed by atoms with Gasteiger partial charge >= 0.3 is 0 Å². The molecule has 0 aliphatic carbocycles. The normalized spacial score (nSPS) is 16.6. The Balaban J connectivity index is 1.44. The van der Waals surface area contributed by atoms with E-state index in [1.54, 1.807) is 25.1 Å². The first-order valence-electron chi connectivity index (χ1n) is 13.2. The van der Waals surface area contributed by atoms with Gasteiger partial charge in [-0.15, -0.1) is 11.3 Å². The summed E-state index contributed by atoms with van der Waals surface area (Å²) in [6.45, 7) is 5.07. The topological polar surface area (TPSA) is 132 Å². The zero-order valence-electron chi connectivity index (χ0n) is 23.2. The highest BCUT2D eigenvalue weighted by Crippen LogP contribution is 2.46. The Labute approximate surface area is 252 Å². The number of carbonyl (C=O) groups excluding carboxylic acids is 1. The zero-order chi connectivity index (χ0) is 30.8. The van der Waals surface area contributed by atoms with Gasteiger partial charge in [-0.3, -0.25) is 9.48 Å². The van der Waals surface area contributed by atoms with Crippen LogP contribution < -0.4 is 11.1 Å². The van der Waals surface area contributed by atoms with Crippen molar-refractivity contribution in [3.63, 3.8) is 0 Å². The van der Waals surface area contributed by atoms with E-state index < -0.39 is 35.0 Å². The molecular weight excluding hydrogens is 603 g/mol. The number of nitrogens with one attached hydrogen (secondary N) is 1. The number of carbonyl (C=O) groups is 1. The fraction of sp³-hybridized carbons (Fsp3) is 0.276. The minimum Gasteiger partial charge on any atom is -0.396 e. The predicted octanol–water partition coefficient (Wildman–Crippen LogP) is 5.47. The fourth-order valence-electron chi connectivity index (χ4n) is 5.18. The molecule has 2 aromatic carbocycles.